The van der Waals surface area contributed by atoms with Gasteiger partial charge in [0, 0.05) is 28.3 Å². The topological polar surface area (TPSA) is 12.0 Å². The molecule has 0 spiro atoms. The molecule has 3 rings (SSSR count). The van der Waals surface area contributed by atoms with Gasteiger partial charge in [-0.05, 0) is 37.5 Å². The average molecular weight is 257 g/mol. The van der Waals surface area contributed by atoms with Crippen LogP contribution in [0.4, 0.5) is 0 Å². The first kappa shape index (κ1) is 11.9. The summed E-state index contributed by atoms with van der Waals surface area (Å²) in [4.78, 5) is 2.87. The second-order valence-electron chi connectivity index (χ2n) is 5.18. The molecule has 1 N–H and O–H groups in total. The van der Waals surface area contributed by atoms with Crippen molar-refractivity contribution in [2.24, 2.45) is 0 Å². The molecule has 1 aliphatic carbocycles. The smallest absolute Gasteiger partial charge is 0.0219 e. The van der Waals surface area contributed by atoms with Crippen LogP contribution in [-0.4, -0.2) is 6.04 Å². The summed E-state index contributed by atoms with van der Waals surface area (Å²) >= 11 is 1.90. The van der Waals surface area contributed by atoms with Gasteiger partial charge in [-0.1, -0.05) is 30.3 Å². The molecule has 1 aromatic carbocycles. The molecule has 94 valence electrons. The maximum Gasteiger partial charge on any atom is 0.0219 e. The van der Waals surface area contributed by atoms with Gasteiger partial charge in [0.1, 0.15) is 0 Å². The van der Waals surface area contributed by atoms with Crippen LogP contribution in [0.3, 0.4) is 0 Å². The zero-order valence-corrected chi connectivity index (χ0v) is 11.8. The van der Waals surface area contributed by atoms with Gasteiger partial charge in [0.15, 0.2) is 0 Å². The number of thiophene rings is 1. The molecule has 0 saturated heterocycles. The van der Waals surface area contributed by atoms with E-state index in [0.717, 1.165) is 12.5 Å². The quantitative estimate of drug-likeness (QED) is 0.872. The number of hydrogen-bond donors (Lipinski definition) is 1. The fourth-order valence-corrected chi connectivity index (χ4v) is 3.54. The van der Waals surface area contributed by atoms with Gasteiger partial charge < -0.3 is 5.32 Å². The normalized spacial score (nSPS) is 22.1. The summed E-state index contributed by atoms with van der Waals surface area (Å²) in [5.74, 6) is 0.728. The van der Waals surface area contributed by atoms with E-state index < -0.39 is 0 Å². The van der Waals surface area contributed by atoms with Crippen molar-refractivity contribution in [2.75, 3.05) is 0 Å². The van der Waals surface area contributed by atoms with E-state index in [1.807, 2.05) is 11.3 Å². The van der Waals surface area contributed by atoms with Crippen LogP contribution in [0.1, 0.15) is 33.2 Å². The van der Waals surface area contributed by atoms with E-state index in [2.05, 4.69) is 55.6 Å². The lowest BCUT2D eigenvalue weighted by Crippen LogP contribution is -2.17. The molecule has 1 nitrogen and oxygen atoms in total. The van der Waals surface area contributed by atoms with Crippen molar-refractivity contribution in [3.05, 3.63) is 57.3 Å². The van der Waals surface area contributed by atoms with E-state index >= 15 is 0 Å². The molecule has 2 aromatic rings. The van der Waals surface area contributed by atoms with E-state index in [1.54, 1.807) is 0 Å². The zero-order chi connectivity index (χ0) is 12.5. The SMILES string of the molecule is Cc1cc(CNC2CC2c2ccccc2)c(C)s1. The van der Waals surface area contributed by atoms with Crippen LogP contribution in [0.5, 0.6) is 0 Å². The highest BCUT2D eigenvalue weighted by atomic mass is 32.1. The molecule has 0 amide bonds. The second-order valence-corrected chi connectivity index (χ2v) is 6.64. The first-order chi connectivity index (χ1) is 8.74. The summed E-state index contributed by atoms with van der Waals surface area (Å²) in [6.45, 7) is 5.42. The maximum absolute atomic E-state index is 3.68. The number of aryl methyl sites for hydroxylation is 2. The van der Waals surface area contributed by atoms with Crippen molar-refractivity contribution in [2.45, 2.75) is 38.8 Å². The first-order valence-electron chi connectivity index (χ1n) is 6.58. The lowest BCUT2D eigenvalue weighted by molar-refractivity contribution is 0.672. The number of rotatable bonds is 4. The van der Waals surface area contributed by atoms with Crippen LogP contribution in [0.25, 0.3) is 0 Å². The molecular weight excluding hydrogens is 238 g/mol. The van der Waals surface area contributed by atoms with Gasteiger partial charge in [-0.2, -0.15) is 0 Å². The molecule has 0 bridgehead atoms. The molecule has 1 heterocycles. The number of nitrogens with one attached hydrogen (secondary N) is 1. The first-order valence-corrected chi connectivity index (χ1v) is 7.40. The van der Waals surface area contributed by atoms with Crippen LogP contribution >= 0.6 is 11.3 Å². The number of hydrogen-bond acceptors (Lipinski definition) is 2. The van der Waals surface area contributed by atoms with Gasteiger partial charge in [-0.15, -0.1) is 11.3 Å². The Labute approximate surface area is 113 Å². The molecule has 0 radical (unpaired) electrons. The Balaban J connectivity index is 1.56. The van der Waals surface area contributed by atoms with E-state index in [0.29, 0.717) is 6.04 Å². The molecule has 2 unspecified atom stereocenters. The maximum atomic E-state index is 3.68. The summed E-state index contributed by atoms with van der Waals surface area (Å²) in [5.41, 5.74) is 2.95. The van der Waals surface area contributed by atoms with Crippen LogP contribution < -0.4 is 5.32 Å². The van der Waals surface area contributed by atoms with Crippen molar-refractivity contribution in [1.29, 1.82) is 0 Å². The Bertz CT molecular complexity index is 529. The lowest BCUT2D eigenvalue weighted by atomic mass is 10.1. The van der Waals surface area contributed by atoms with Gasteiger partial charge in [0.05, 0.1) is 0 Å². The molecular formula is C16H19NS. The monoisotopic (exact) mass is 257 g/mol. The van der Waals surface area contributed by atoms with Gasteiger partial charge in [0.25, 0.3) is 0 Å². The number of benzene rings is 1. The highest BCUT2D eigenvalue weighted by Gasteiger charge is 2.37. The van der Waals surface area contributed by atoms with E-state index in [4.69, 9.17) is 0 Å². The largest absolute Gasteiger partial charge is 0.309 e. The Morgan fingerprint density at radius 3 is 2.67 bits per heavy atom. The third-order valence-corrected chi connectivity index (χ3v) is 4.72. The summed E-state index contributed by atoms with van der Waals surface area (Å²) in [6.07, 6.45) is 1.28. The fourth-order valence-electron chi connectivity index (χ4n) is 2.59. The summed E-state index contributed by atoms with van der Waals surface area (Å²) in [5, 5.41) is 3.68. The molecule has 1 fully saturated rings. The minimum Gasteiger partial charge on any atom is -0.309 e. The van der Waals surface area contributed by atoms with Crippen LogP contribution in [-0.2, 0) is 6.54 Å². The van der Waals surface area contributed by atoms with Crippen LogP contribution in [0.2, 0.25) is 0 Å². The van der Waals surface area contributed by atoms with Crippen molar-refractivity contribution in [3.63, 3.8) is 0 Å². The van der Waals surface area contributed by atoms with E-state index in [-0.39, 0.29) is 0 Å². The highest BCUT2D eigenvalue weighted by Crippen LogP contribution is 2.40. The van der Waals surface area contributed by atoms with Gasteiger partial charge in [0.2, 0.25) is 0 Å². The van der Waals surface area contributed by atoms with Crippen molar-refractivity contribution < 1.29 is 0 Å². The Morgan fingerprint density at radius 1 is 1.22 bits per heavy atom. The average Bonchev–Trinajstić information content (AvgIpc) is 3.08. The fraction of sp³-hybridized carbons (Fsp3) is 0.375. The Kier molecular flexibility index (Phi) is 3.23. The van der Waals surface area contributed by atoms with Crippen LogP contribution in [0.15, 0.2) is 36.4 Å². The lowest BCUT2D eigenvalue weighted by Gasteiger charge is -2.04. The van der Waals surface area contributed by atoms with Gasteiger partial charge in [-0.25, -0.2) is 0 Å². The summed E-state index contributed by atoms with van der Waals surface area (Å²) in [6, 6.07) is 13.8. The summed E-state index contributed by atoms with van der Waals surface area (Å²) in [7, 11) is 0. The standard InChI is InChI=1S/C16H19NS/c1-11-8-14(12(2)18-11)10-17-16-9-15(16)13-6-4-3-5-7-13/h3-8,15-17H,9-10H2,1-2H3. The minimum absolute atomic E-state index is 0.673. The van der Waals surface area contributed by atoms with Crippen molar-refractivity contribution >= 4 is 11.3 Å². The Hall–Kier alpha value is -1.12. The minimum atomic E-state index is 0.673. The van der Waals surface area contributed by atoms with Crippen molar-refractivity contribution in [3.8, 4) is 0 Å². The van der Waals surface area contributed by atoms with Crippen LogP contribution in [0, 0.1) is 13.8 Å². The second kappa shape index (κ2) is 4.87. The third-order valence-electron chi connectivity index (χ3n) is 3.72. The summed E-state index contributed by atoms with van der Waals surface area (Å²) < 4.78 is 0. The highest BCUT2D eigenvalue weighted by molar-refractivity contribution is 7.12. The van der Waals surface area contributed by atoms with Crippen molar-refractivity contribution in [1.82, 2.24) is 5.32 Å². The predicted molar refractivity (Wildman–Crippen MR) is 78.2 cm³/mol. The molecule has 2 atom stereocenters. The zero-order valence-electron chi connectivity index (χ0n) is 10.9. The van der Waals surface area contributed by atoms with E-state index in [1.165, 1.54) is 27.3 Å². The third kappa shape index (κ3) is 2.50. The molecule has 1 aliphatic rings. The molecule has 1 aromatic heterocycles. The van der Waals surface area contributed by atoms with Gasteiger partial charge >= 0.3 is 0 Å². The molecule has 1 saturated carbocycles. The molecule has 0 aliphatic heterocycles. The predicted octanol–water partition coefficient (Wildman–Crippen LogP) is 4.01. The molecule has 2 heteroatoms. The van der Waals surface area contributed by atoms with E-state index in [9.17, 15) is 0 Å². The van der Waals surface area contributed by atoms with Gasteiger partial charge in [-0.3, -0.25) is 0 Å². The molecule has 18 heavy (non-hydrogen) atoms. The Morgan fingerprint density at radius 2 is 2.00 bits per heavy atom.